The first-order valence-corrected chi connectivity index (χ1v) is 11.8. The van der Waals surface area contributed by atoms with E-state index in [1.54, 1.807) is 35.4 Å². The lowest BCUT2D eigenvalue weighted by molar-refractivity contribution is 0.0595. The molecular formula is C27H26FN5O3. The molecular weight excluding hydrogens is 461 g/mol. The number of hydrogen-bond acceptors (Lipinski definition) is 4. The molecule has 1 aliphatic rings. The predicted octanol–water partition coefficient (Wildman–Crippen LogP) is 4.48. The minimum absolute atomic E-state index is 0.0175. The van der Waals surface area contributed by atoms with Crippen molar-refractivity contribution in [3.05, 3.63) is 96.2 Å². The van der Waals surface area contributed by atoms with Crippen LogP contribution in [0.3, 0.4) is 0 Å². The van der Waals surface area contributed by atoms with Gasteiger partial charge in [-0.25, -0.2) is 14.2 Å². The van der Waals surface area contributed by atoms with E-state index in [0.717, 1.165) is 11.2 Å². The number of aromatic nitrogens is 2. The zero-order valence-corrected chi connectivity index (χ0v) is 19.6. The van der Waals surface area contributed by atoms with Gasteiger partial charge in [0.15, 0.2) is 0 Å². The molecule has 0 aliphatic carbocycles. The van der Waals surface area contributed by atoms with E-state index in [1.165, 1.54) is 12.1 Å². The van der Waals surface area contributed by atoms with Gasteiger partial charge in [-0.05, 0) is 60.2 Å². The smallest absolute Gasteiger partial charge is 0.319 e. The quantitative estimate of drug-likeness (QED) is 0.420. The van der Waals surface area contributed by atoms with Crippen molar-refractivity contribution in [2.45, 2.75) is 25.5 Å². The number of urea groups is 1. The molecule has 184 valence electrons. The summed E-state index contributed by atoms with van der Waals surface area (Å²) in [6.45, 7) is 1.48. The molecule has 36 heavy (non-hydrogen) atoms. The van der Waals surface area contributed by atoms with Gasteiger partial charge in [-0.15, -0.1) is 0 Å². The summed E-state index contributed by atoms with van der Waals surface area (Å²) in [4.78, 5) is 30.8. The van der Waals surface area contributed by atoms with Crippen LogP contribution in [0.1, 0.15) is 28.8 Å². The summed E-state index contributed by atoms with van der Waals surface area (Å²) in [6, 6.07) is 16.5. The second-order valence-corrected chi connectivity index (χ2v) is 8.68. The average molecular weight is 488 g/mol. The topological polar surface area (TPSA) is 88.0 Å². The molecule has 2 N–H and O–H groups in total. The molecule has 1 fully saturated rings. The first-order valence-electron chi connectivity index (χ1n) is 11.8. The van der Waals surface area contributed by atoms with E-state index in [2.05, 4.69) is 15.6 Å². The fourth-order valence-electron chi connectivity index (χ4n) is 4.21. The summed E-state index contributed by atoms with van der Waals surface area (Å²) in [7, 11) is 0. The van der Waals surface area contributed by atoms with Crippen LogP contribution >= 0.6 is 0 Å². The molecule has 0 radical (unpaired) electrons. The third kappa shape index (κ3) is 5.63. The van der Waals surface area contributed by atoms with Crippen molar-refractivity contribution >= 4 is 23.3 Å². The van der Waals surface area contributed by atoms with Gasteiger partial charge in [-0.2, -0.15) is 0 Å². The summed E-state index contributed by atoms with van der Waals surface area (Å²) in [6.07, 6.45) is 6.86. The molecule has 9 heteroatoms. The summed E-state index contributed by atoms with van der Waals surface area (Å²) in [5, 5.41) is 5.66. The van der Waals surface area contributed by atoms with E-state index in [4.69, 9.17) is 4.74 Å². The normalized spacial score (nSPS) is 14.0. The van der Waals surface area contributed by atoms with Crippen molar-refractivity contribution in [2.75, 3.05) is 18.4 Å². The average Bonchev–Trinajstić information content (AvgIpc) is 3.37. The predicted molar refractivity (Wildman–Crippen MR) is 133 cm³/mol. The zero-order valence-electron chi connectivity index (χ0n) is 19.6. The minimum atomic E-state index is -0.415. The minimum Gasteiger partial charge on any atom is -0.490 e. The maximum Gasteiger partial charge on any atom is 0.319 e. The number of carbonyl (C=O) groups is 2. The Morgan fingerprint density at radius 3 is 2.61 bits per heavy atom. The molecule has 5 rings (SSSR count). The number of benzene rings is 2. The second kappa shape index (κ2) is 10.5. The molecule has 2 aromatic heterocycles. The summed E-state index contributed by atoms with van der Waals surface area (Å²) >= 11 is 0. The number of imidazole rings is 1. The van der Waals surface area contributed by atoms with Gasteiger partial charge in [0.05, 0.1) is 0 Å². The Morgan fingerprint density at radius 2 is 1.83 bits per heavy atom. The highest BCUT2D eigenvalue weighted by Gasteiger charge is 2.25. The molecule has 3 heterocycles. The fraction of sp³-hybridized carbons (Fsp3) is 0.222. The first kappa shape index (κ1) is 23.3. The number of nitrogens with one attached hydrogen (secondary N) is 2. The zero-order chi connectivity index (χ0) is 24.9. The largest absolute Gasteiger partial charge is 0.490 e. The Morgan fingerprint density at radius 1 is 1.03 bits per heavy atom. The van der Waals surface area contributed by atoms with Crippen molar-refractivity contribution in [1.82, 2.24) is 19.6 Å². The first-order chi connectivity index (χ1) is 17.5. The van der Waals surface area contributed by atoms with Crippen LogP contribution in [0.2, 0.25) is 0 Å². The Labute approximate surface area is 207 Å². The summed E-state index contributed by atoms with van der Waals surface area (Å²) in [5.41, 5.74) is 2.80. The van der Waals surface area contributed by atoms with Gasteiger partial charge >= 0.3 is 6.03 Å². The molecule has 1 aliphatic heterocycles. The number of ether oxygens (including phenoxy) is 1. The van der Waals surface area contributed by atoms with Crippen LogP contribution in [0.5, 0.6) is 5.75 Å². The molecule has 0 unspecified atom stereocenters. The van der Waals surface area contributed by atoms with Crippen molar-refractivity contribution in [3.63, 3.8) is 0 Å². The van der Waals surface area contributed by atoms with E-state index in [1.807, 2.05) is 41.1 Å². The number of carbonyl (C=O) groups excluding carboxylic acids is 2. The lowest BCUT2D eigenvalue weighted by Gasteiger charge is -2.32. The molecule has 0 spiro atoms. The van der Waals surface area contributed by atoms with Crippen molar-refractivity contribution in [3.8, 4) is 5.75 Å². The SMILES string of the molecule is O=C(NCc1ccn2ccnc2c1)Nc1ccc(OC2CCN(C(=O)c3cccc(F)c3)CC2)cc1. The number of fused-ring (bicyclic) bond motifs is 1. The maximum atomic E-state index is 13.4. The van der Waals surface area contributed by atoms with Crippen molar-refractivity contribution in [1.29, 1.82) is 0 Å². The van der Waals surface area contributed by atoms with Crippen LogP contribution in [0.25, 0.3) is 5.65 Å². The van der Waals surface area contributed by atoms with Gasteiger partial charge in [0.25, 0.3) is 5.91 Å². The van der Waals surface area contributed by atoms with Gasteiger partial charge in [-0.1, -0.05) is 6.07 Å². The molecule has 2 aromatic carbocycles. The number of hydrogen-bond donors (Lipinski definition) is 2. The third-order valence-electron chi connectivity index (χ3n) is 6.13. The molecule has 0 saturated carbocycles. The number of rotatable bonds is 6. The number of pyridine rings is 1. The van der Waals surface area contributed by atoms with Gasteiger partial charge in [0.2, 0.25) is 0 Å². The summed E-state index contributed by atoms with van der Waals surface area (Å²) in [5.74, 6) is 0.120. The monoisotopic (exact) mass is 487 g/mol. The van der Waals surface area contributed by atoms with Gasteiger partial charge in [-0.3, -0.25) is 4.79 Å². The lowest BCUT2D eigenvalue weighted by atomic mass is 10.1. The maximum absolute atomic E-state index is 13.4. The fourth-order valence-corrected chi connectivity index (χ4v) is 4.21. The number of anilines is 1. The van der Waals surface area contributed by atoms with Crippen molar-refractivity contribution in [2.24, 2.45) is 0 Å². The molecule has 8 nitrogen and oxygen atoms in total. The number of halogens is 1. The molecule has 0 bridgehead atoms. The molecule has 4 aromatic rings. The van der Waals surface area contributed by atoms with Gasteiger partial charge in [0.1, 0.15) is 23.3 Å². The van der Waals surface area contributed by atoms with Gasteiger partial charge in [0, 0.05) is 62.3 Å². The number of likely N-dealkylation sites (tertiary alicyclic amines) is 1. The van der Waals surface area contributed by atoms with Crippen LogP contribution < -0.4 is 15.4 Å². The standard InChI is InChI=1S/C27H26FN5O3/c28-21-3-1-2-20(17-21)26(34)33-13-9-24(10-14-33)36-23-6-4-22(5-7-23)31-27(35)30-18-19-8-12-32-15-11-29-25(32)16-19/h1-8,11-12,15-17,24H,9-10,13-14,18H2,(H2,30,31,35). The third-order valence-corrected chi connectivity index (χ3v) is 6.13. The van der Waals surface area contributed by atoms with Crippen LogP contribution in [-0.2, 0) is 6.54 Å². The van der Waals surface area contributed by atoms with E-state index >= 15 is 0 Å². The molecule has 0 atom stereocenters. The highest BCUT2D eigenvalue weighted by Crippen LogP contribution is 2.22. The Bertz CT molecular complexity index is 1360. The Balaban J connectivity index is 1.07. The van der Waals surface area contributed by atoms with Crippen LogP contribution in [0.4, 0.5) is 14.9 Å². The van der Waals surface area contributed by atoms with E-state index in [0.29, 0.717) is 49.5 Å². The van der Waals surface area contributed by atoms with E-state index in [-0.39, 0.29) is 18.0 Å². The lowest BCUT2D eigenvalue weighted by Crippen LogP contribution is -2.41. The highest BCUT2D eigenvalue weighted by molar-refractivity contribution is 5.94. The van der Waals surface area contributed by atoms with Gasteiger partial charge < -0.3 is 24.7 Å². The number of nitrogens with zero attached hydrogens (tertiary/aromatic N) is 3. The van der Waals surface area contributed by atoms with E-state index < -0.39 is 5.82 Å². The van der Waals surface area contributed by atoms with Crippen LogP contribution in [0.15, 0.2) is 79.3 Å². The van der Waals surface area contributed by atoms with Crippen molar-refractivity contribution < 1.29 is 18.7 Å². The Hall–Kier alpha value is -4.40. The van der Waals surface area contributed by atoms with E-state index in [9.17, 15) is 14.0 Å². The van der Waals surface area contributed by atoms with Crippen LogP contribution in [-0.4, -0.2) is 45.4 Å². The highest BCUT2D eigenvalue weighted by atomic mass is 19.1. The molecule has 3 amide bonds. The Kier molecular flexibility index (Phi) is 6.79. The van der Waals surface area contributed by atoms with Crippen LogP contribution in [0, 0.1) is 5.82 Å². The second-order valence-electron chi connectivity index (χ2n) is 8.68. The number of piperidine rings is 1. The number of amides is 3. The molecule has 1 saturated heterocycles. The summed E-state index contributed by atoms with van der Waals surface area (Å²) < 4.78 is 21.4.